The first-order valence-electron chi connectivity index (χ1n) is 18.2. The van der Waals surface area contributed by atoms with E-state index in [0.29, 0.717) is 18.4 Å². The van der Waals surface area contributed by atoms with Crippen molar-refractivity contribution in [1.82, 2.24) is 10.6 Å². The van der Waals surface area contributed by atoms with Gasteiger partial charge in [-0.1, -0.05) is 34.6 Å². The molecule has 0 aromatic rings. The van der Waals surface area contributed by atoms with Crippen LogP contribution in [-0.2, 0) is 14.2 Å². The van der Waals surface area contributed by atoms with Gasteiger partial charge in [0, 0.05) is 25.1 Å². The number of aliphatic hydroxyl groups is 2. The van der Waals surface area contributed by atoms with Crippen LogP contribution in [0.1, 0.15) is 100 Å². The van der Waals surface area contributed by atoms with Crippen molar-refractivity contribution < 1.29 is 29.2 Å². The SMILES string of the molecule is CCO[C@@H]([C@H]1C[C@@H](C)[C@H]2[C@H](O1)[C@H](O)[C@@]1(N)[C@@H]3CC[C@H]4C(C)(C)[C@@H](OC(=O)NC5CNC5)CC[C@@]45[C@@H](C)[C@@]35CC[C@]21C)C(C)(C)O. The van der Waals surface area contributed by atoms with Crippen molar-refractivity contribution in [2.24, 2.45) is 57.0 Å². The maximum Gasteiger partial charge on any atom is 0.407 e. The molecule has 5 aliphatic carbocycles. The quantitative estimate of drug-likeness (QED) is 0.297. The largest absolute Gasteiger partial charge is 0.446 e. The summed E-state index contributed by atoms with van der Waals surface area (Å²) >= 11 is 0. The first-order chi connectivity index (χ1) is 21.0. The molecule has 0 unspecified atom stereocenters. The first-order valence-corrected chi connectivity index (χ1v) is 18.2. The molecule has 9 nitrogen and oxygen atoms in total. The molecule has 0 aromatic carbocycles. The number of hydrogen-bond acceptors (Lipinski definition) is 8. The number of fused-ring (bicyclic) bond motifs is 4. The van der Waals surface area contributed by atoms with Crippen LogP contribution in [0.4, 0.5) is 4.79 Å². The number of alkyl carbamates (subject to hydrolysis) is 1. The van der Waals surface area contributed by atoms with E-state index < -0.39 is 23.3 Å². The van der Waals surface area contributed by atoms with Gasteiger partial charge in [-0.15, -0.1) is 0 Å². The summed E-state index contributed by atoms with van der Waals surface area (Å²) < 4.78 is 19.1. The normalized spacial score (nSPS) is 52.2. The number of carbonyl (C=O) groups excluding carboxylic acids is 1. The Morgan fingerprint density at radius 1 is 1.09 bits per heavy atom. The summed E-state index contributed by atoms with van der Waals surface area (Å²) in [7, 11) is 0. The van der Waals surface area contributed by atoms with Crippen LogP contribution in [0.25, 0.3) is 0 Å². The van der Waals surface area contributed by atoms with Crippen LogP contribution < -0.4 is 16.4 Å². The lowest BCUT2D eigenvalue weighted by Gasteiger charge is -2.63. The Labute approximate surface area is 270 Å². The van der Waals surface area contributed by atoms with E-state index >= 15 is 0 Å². The maximum absolute atomic E-state index is 12.8. The molecular weight excluding hydrogens is 570 g/mol. The molecule has 7 aliphatic rings. The molecule has 2 saturated heterocycles. The lowest BCUT2D eigenvalue weighted by molar-refractivity contribution is -0.214. The fourth-order valence-electron chi connectivity index (χ4n) is 13.8. The van der Waals surface area contributed by atoms with Crippen LogP contribution in [0.5, 0.6) is 0 Å². The molecule has 14 atom stereocenters. The van der Waals surface area contributed by atoms with Gasteiger partial charge in [0.2, 0.25) is 0 Å². The van der Waals surface area contributed by atoms with Crippen LogP contribution >= 0.6 is 0 Å². The fraction of sp³-hybridized carbons (Fsp3) is 0.972. The summed E-state index contributed by atoms with van der Waals surface area (Å²) in [4.78, 5) is 12.8. The molecule has 7 rings (SSSR count). The predicted octanol–water partition coefficient (Wildman–Crippen LogP) is 3.98. The molecule has 9 heteroatoms. The molecule has 5 saturated carbocycles. The first kappa shape index (κ1) is 32.6. The Kier molecular flexibility index (Phi) is 7.43. The topological polar surface area (TPSA) is 135 Å². The summed E-state index contributed by atoms with van der Waals surface area (Å²) in [6.45, 7) is 19.4. The van der Waals surface area contributed by atoms with Crippen molar-refractivity contribution in [3.63, 3.8) is 0 Å². The van der Waals surface area contributed by atoms with Crippen LogP contribution in [0.2, 0.25) is 0 Å². The van der Waals surface area contributed by atoms with Gasteiger partial charge in [-0.05, 0) is 112 Å². The van der Waals surface area contributed by atoms with Crippen LogP contribution in [-0.4, -0.2) is 83.7 Å². The van der Waals surface area contributed by atoms with E-state index in [1.165, 1.54) is 0 Å². The second-order valence-electron chi connectivity index (χ2n) is 17.9. The zero-order chi connectivity index (χ0) is 32.5. The second kappa shape index (κ2) is 10.3. The summed E-state index contributed by atoms with van der Waals surface area (Å²) in [5.74, 6) is 1.61. The lowest BCUT2D eigenvalue weighted by Crippen LogP contribution is -2.70. The summed E-state index contributed by atoms with van der Waals surface area (Å²) in [6.07, 6.45) is 4.56. The highest BCUT2D eigenvalue weighted by atomic mass is 16.6. The number of amides is 1. The molecular formula is C36H61N3O6. The third kappa shape index (κ3) is 4.03. The van der Waals surface area contributed by atoms with Gasteiger partial charge in [-0.3, -0.25) is 0 Å². The lowest BCUT2D eigenvalue weighted by atomic mass is 9.43. The highest BCUT2D eigenvalue weighted by Crippen LogP contribution is 2.90. The van der Waals surface area contributed by atoms with E-state index in [4.69, 9.17) is 19.9 Å². The minimum atomic E-state index is -1.06. The minimum Gasteiger partial charge on any atom is -0.446 e. The third-order valence-electron chi connectivity index (χ3n) is 15.7. The number of ether oxygens (including phenoxy) is 3. The van der Waals surface area contributed by atoms with E-state index in [-0.39, 0.29) is 69.9 Å². The van der Waals surface area contributed by atoms with E-state index in [9.17, 15) is 15.0 Å². The average molecular weight is 632 g/mol. The van der Waals surface area contributed by atoms with Crippen molar-refractivity contribution in [3.8, 4) is 0 Å². The third-order valence-corrected chi connectivity index (χ3v) is 15.7. The highest BCUT2D eigenvalue weighted by Gasteiger charge is 2.88. The fourth-order valence-corrected chi connectivity index (χ4v) is 13.8. The number of aliphatic hydroxyl groups excluding tert-OH is 1. The Morgan fingerprint density at radius 3 is 2.38 bits per heavy atom. The van der Waals surface area contributed by atoms with Gasteiger partial charge < -0.3 is 40.8 Å². The Bertz CT molecular complexity index is 1190. The zero-order valence-electron chi connectivity index (χ0n) is 29.0. The van der Waals surface area contributed by atoms with E-state index in [1.54, 1.807) is 13.8 Å². The molecule has 0 aromatic heterocycles. The predicted molar refractivity (Wildman–Crippen MR) is 171 cm³/mol. The summed E-state index contributed by atoms with van der Waals surface area (Å²) in [6, 6.07) is 0.165. The Morgan fingerprint density at radius 2 is 1.76 bits per heavy atom. The van der Waals surface area contributed by atoms with Crippen molar-refractivity contribution in [1.29, 1.82) is 0 Å². The highest BCUT2D eigenvalue weighted by molar-refractivity contribution is 5.68. The molecule has 0 bridgehead atoms. The molecule has 2 aliphatic heterocycles. The number of hydrogen-bond donors (Lipinski definition) is 5. The van der Waals surface area contributed by atoms with Gasteiger partial charge in [0.15, 0.2) is 0 Å². The standard InChI is InChI=1S/C36H61N3O6/c1-9-43-29(32(6,7)42)22-16-19(2)26-27(44-22)28(40)36(37)24-11-10-23-31(4,5)25(45-30(41)39-21-17-38-18-21)12-13-34(23)20(3)35(24,34)15-14-33(26,36)8/h19-29,38,40,42H,9-18,37H2,1-8H3,(H,39,41)/t19-,20-,22-,23+,24-,25+,26+,27+,28+,29+,33-,34-,35+,36+/m1/s1. The van der Waals surface area contributed by atoms with Gasteiger partial charge in [0.25, 0.3) is 0 Å². The minimum absolute atomic E-state index is 0.0876. The van der Waals surface area contributed by atoms with Gasteiger partial charge in [-0.2, -0.15) is 0 Å². The number of carbonyl (C=O) groups is 1. The van der Waals surface area contributed by atoms with E-state index in [2.05, 4.69) is 45.3 Å². The molecule has 2 heterocycles. The number of rotatable bonds is 6. The van der Waals surface area contributed by atoms with Gasteiger partial charge in [0.1, 0.15) is 12.2 Å². The van der Waals surface area contributed by atoms with Gasteiger partial charge in [-0.25, -0.2) is 4.79 Å². The molecule has 2 spiro atoms. The van der Waals surface area contributed by atoms with Crippen LogP contribution in [0, 0.1) is 51.2 Å². The van der Waals surface area contributed by atoms with Crippen molar-refractivity contribution in [2.75, 3.05) is 19.7 Å². The van der Waals surface area contributed by atoms with Crippen molar-refractivity contribution >= 4 is 6.09 Å². The van der Waals surface area contributed by atoms with Crippen molar-refractivity contribution in [2.45, 2.75) is 148 Å². The monoisotopic (exact) mass is 631 g/mol. The Balaban J connectivity index is 1.17. The smallest absolute Gasteiger partial charge is 0.407 e. The number of nitrogens with two attached hydrogens (primary N) is 1. The van der Waals surface area contributed by atoms with E-state index in [0.717, 1.165) is 58.0 Å². The summed E-state index contributed by atoms with van der Waals surface area (Å²) in [5.41, 5.74) is 5.86. The molecule has 45 heavy (non-hydrogen) atoms. The molecule has 256 valence electrons. The van der Waals surface area contributed by atoms with Gasteiger partial charge in [0.05, 0.1) is 35.5 Å². The Hall–Kier alpha value is -0.970. The van der Waals surface area contributed by atoms with Crippen LogP contribution in [0.15, 0.2) is 0 Å². The average Bonchev–Trinajstić information content (AvgIpc) is 3.41. The number of nitrogens with one attached hydrogen (secondary N) is 2. The van der Waals surface area contributed by atoms with Crippen LogP contribution in [0.3, 0.4) is 0 Å². The van der Waals surface area contributed by atoms with Crippen molar-refractivity contribution in [3.05, 3.63) is 0 Å². The second-order valence-corrected chi connectivity index (χ2v) is 17.9. The van der Waals surface area contributed by atoms with E-state index in [1.807, 2.05) is 6.92 Å². The molecule has 7 fully saturated rings. The van der Waals surface area contributed by atoms with Gasteiger partial charge >= 0.3 is 6.09 Å². The molecule has 1 amide bonds. The molecule has 6 N–H and O–H groups in total. The summed E-state index contributed by atoms with van der Waals surface area (Å²) in [5, 5.41) is 29.7. The zero-order valence-corrected chi connectivity index (χ0v) is 29.0. The maximum atomic E-state index is 12.8. The molecule has 0 radical (unpaired) electrons.